The van der Waals surface area contributed by atoms with Gasteiger partial charge < -0.3 is 19.9 Å². The van der Waals surface area contributed by atoms with Gasteiger partial charge in [0, 0.05) is 15.7 Å². The van der Waals surface area contributed by atoms with Gasteiger partial charge in [0.1, 0.15) is 12.3 Å². The highest BCUT2D eigenvalue weighted by atomic mass is 79.9. The van der Waals surface area contributed by atoms with E-state index in [2.05, 4.69) is 21.2 Å². The number of carbonyl (C=O) groups excluding carboxylic acids is 3. The van der Waals surface area contributed by atoms with Gasteiger partial charge in [-0.25, -0.2) is 0 Å². The van der Waals surface area contributed by atoms with Gasteiger partial charge in [-0.05, 0) is 54.2 Å². The minimum atomic E-state index is -0.617. The van der Waals surface area contributed by atoms with Gasteiger partial charge in [-0.2, -0.15) is 0 Å². The van der Waals surface area contributed by atoms with E-state index in [0.717, 1.165) is 4.90 Å². The topological polar surface area (TPSA) is 105 Å². The number of aromatic hydroxyl groups is 1. The molecule has 1 saturated heterocycles. The van der Waals surface area contributed by atoms with Gasteiger partial charge in [0.05, 0.1) is 19.1 Å². The fraction of sp³-hybridized carbons (Fsp3) is 0.150. The van der Waals surface area contributed by atoms with E-state index < -0.39 is 23.6 Å². The average molecular weight is 493 g/mol. The fourth-order valence-corrected chi connectivity index (χ4v) is 3.94. The molecule has 3 amide bonds. The SMILES string of the molecule is COc1ccc(NC(=O)CN2C(=O)S/C(=C/c3cc(Br)cc(OC)c3O)C2=O)cc1. The molecule has 1 fully saturated rings. The highest BCUT2D eigenvalue weighted by molar-refractivity contribution is 9.10. The normalized spacial score (nSPS) is 14.9. The zero-order valence-electron chi connectivity index (χ0n) is 16.0. The lowest BCUT2D eigenvalue weighted by atomic mass is 10.1. The molecule has 0 atom stereocenters. The Morgan fingerprint density at radius 1 is 1.20 bits per heavy atom. The Morgan fingerprint density at radius 3 is 2.53 bits per heavy atom. The number of nitrogens with one attached hydrogen (secondary N) is 1. The molecule has 1 aliphatic rings. The highest BCUT2D eigenvalue weighted by Crippen LogP contribution is 2.38. The zero-order valence-corrected chi connectivity index (χ0v) is 18.4. The number of amides is 3. The molecule has 0 aromatic heterocycles. The number of anilines is 1. The highest BCUT2D eigenvalue weighted by Gasteiger charge is 2.36. The third-order valence-corrected chi connectivity index (χ3v) is 5.49. The monoisotopic (exact) mass is 492 g/mol. The minimum absolute atomic E-state index is 0.0905. The first-order chi connectivity index (χ1) is 14.3. The lowest BCUT2D eigenvalue weighted by molar-refractivity contribution is -0.127. The predicted octanol–water partition coefficient (Wildman–Crippen LogP) is 3.85. The van der Waals surface area contributed by atoms with Crippen LogP contribution in [0.15, 0.2) is 45.8 Å². The van der Waals surface area contributed by atoms with Gasteiger partial charge in [-0.15, -0.1) is 0 Å². The van der Waals surface area contributed by atoms with Gasteiger partial charge in [0.15, 0.2) is 11.5 Å². The Kier molecular flexibility index (Phi) is 6.68. The summed E-state index contributed by atoms with van der Waals surface area (Å²) in [5.41, 5.74) is 0.809. The van der Waals surface area contributed by atoms with Crippen molar-refractivity contribution >= 4 is 56.5 Å². The maximum Gasteiger partial charge on any atom is 0.294 e. The second-order valence-electron chi connectivity index (χ2n) is 6.09. The maximum absolute atomic E-state index is 12.6. The molecule has 2 N–H and O–H groups in total. The van der Waals surface area contributed by atoms with Crippen molar-refractivity contribution in [1.82, 2.24) is 4.90 Å². The summed E-state index contributed by atoms with van der Waals surface area (Å²) in [6.45, 7) is -0.429. The van der Waals surface area contributed by atoms with Crippen molar-refractivity contribution in [2.45, 2.75) is 0 Å². The Morgan fingerprint density at radius 2 is 1.90 bits per heavy atom. The number of phenols is 1. The maximum atomic E-state index is 12.6. The lowest BCUT2D eigenvalue weighted by Crippen LogP contribution is -2.36. The summed E-state index contributed by atoms with van der Waals surface area (Å²) in [5, 5.41) is 12.3. The summed E-state index contributed by atoms with van der Waals surface area (Å²) < 4.78 is 10.8. The van der Waals surface area contributed by atoms with Gasteiger partial charge >= 0.3 is 0 Å². The summed E-state index contributed by atoms with van der Waals surface area (Å²) in [6.07, 6.45) is 1.38. The molecule has 3 rings (SSSR count). The number of benzene rings is 2. The molecule has 30 heavy (non-hydrogen) atoms. The van der Waals surface area contributed by atoms with E-state index in [1.807, 2.05) is 0 Å². The van der Waals surface area contributed by atoms with Crippen molar-refractivity contribution in [2.24, 2.45) is 0 Å². The van der Waals surface area contributed by atoms with Gasteiger partial charge in [-0.1, -0.05) is 15.9 Å². The summed E-state index contributed by atoms with van der Waals surface area (Å²) >= 11 is 3.99. The second kappa shape index (κ2) is 9.23. The molecule has 1 heterocycles. The van der Waals surface area contributed by atoms with Crippen molar-refractivity contribution in [1.29, 1.82) is 0 Å². The molecule has 10 heteroatoms. The molecular weight excluding hydrogens is 476 g/mol. The summed E-state index contributed by atoms with van der Waals surface area (Å²) in [7, 11) is 2.94. The van der Waals surface area contributed by atoms with Gasteiger partial charge in [0.25, 0.3) is 11.1 Å². The molecule has 8 nitrogen and oxygen atoms in total. The van der Waals surface area contributed by atoms with Crippen LogP contribution in [-0.2, 0) is 9.59 Å². The minimum Gasteiger partial charge on any atom is -0.504 e. The van der Waals surface area contributed by atoms with Crippen LogP contribution in [0.2, 0.25) is 0 Å². The molecule has 0 radical (unpaired) electrons. The van der Waals surface area contributed by atoms with Crippen LogP contribution < -0.4 is 14.8 Å². The third kappa shape index (κ3) is 4.77. The van der Waals surface area contributed by atoms with E-state index in [-0.39, 0.29) is 16.4 Å². The van der Waals surface area contributed by atoms with Crippen LogP contribution in [0.5, 0.6) is 17.2 Å². The molecule has 0 unspecified atom stereocenters. The quantitative estimate of drug-likeness (QED) is 0.589. The number of rotatable bonds is 6. The molecule has 0 aliphatic carbocycles. The van der Waals surface area contributed by atoms with Crippen LogP contribution >= 0.6 is 27.7 Å². The number of halogens is 1. The molecule has 156 valence electrons. The number of methoxy groups -OCH3 is 2. The Balaban J connectivity index is 1.73. The van der Waals surface area contributed by atoms with Crippen molar-refractivity contribution in [3.63, 3.8) is 0 Å². The van der Waals surface area contributed by atoms with Crippen LogP contribution in [0.1, 0.15) is 5.56 Å². The molecule has 2 aromatic carbocycles. The van der Waals surface area contributed by atoms with Crippen LogP contribution in [0.3, 0.4) is 0 Å². The van der Waals surface area contributed by atoms with Crippen molar-refractivity contribution < 1.29 is 29.0 Å². The molecule has 0 spiro atoms. The van der Waals surface area contributed by atoms with E-state index in [1.165, 1.54) is 20.3 Å². The zero-order chi connectivity index (χ0) is 21.8. The van der Waals surface area contributed by atoms with Crippen molar-refractivity contribution in [3.05, 3.63) is 51.3 Å². The first-order valence-electron chi connectivity index (χ1n) is 8.58. The van der Waals surface area contributed by atoms with E-state index >= 15 is 0 Å². The second-order valence-corrected chi connectivity index (χ2v) is 8.00. The van der Waals surface area contributed by atoms with E-state index in [0.29, 0.717) is 33.2 Å². The van der Waals surface area contributed by atoms with E-state index in [9.17, 15) is 19.5 Å². The number of carbonyl (C=O) groups is 3. The standard InChI is InChI=1S/C20H17BrN2O6S/c1-28-14-5-3-13(4-6-14)22-17(24)10-23-19(26)16(30-20(23)27)8-11-7-12(21)9-15(29-2)18(11)25/h3-9,25H,10H2,1-2H3,(H,22,24)/b16-8+. The van der Waals surface area contributed by atoms with Crippen LogP contribution in [0.25, 0.3) is 6.08 Å². The molecule has 0 saturated carbocycles. The predicted molar refractivity (Wildman–Crippen MR) is 117 cm³/mol. The first-order valence-corrected chi connectivity index (χ1v) is 10.2. The van der Waals surface area contributed by atoms with Gasteiger partial charge in [0.2, 0.25) is 5.91 Å². The largest absolute Gasteiger partial charge is 0.504 e. The molecule has 0 bridgehead atoms. The fourth-order valence-electron chi connectivity index (χ4n) is 2.66. The molecule has 2 aromatic rings. The average Bonchev–Trinajstić information content (AvgIpc) is 2.98. The van der Waals surface area contributed by atoms with E-state index in [4.69, 9.17) is 9.47 Å². The molecular formula is C20H17BrN2O6S. The van der Waals surface area contributed by atoms with Crippen molar-refractivity contribution in [3.8, 4) is 17.2 Å². The van der Waals surface area contributed by atoms with Gasteiger partial charge in [-0.3, -0.25) is 19.3 Å². The summed E-state index contributed by atoms with van der Waals surface area (Å²) in [6, 6.07) is 9.81. The van der Waals surface area contributed by atoms with Crippen LogP contribution in [-0.4, -0.2) is 47.8 Å². The number of imide groups is 1. The van der Waals surface area contributed by atoms with Crippen LogP contribution in [0.4, 0.5) is 10.5 Å². The van der Waals surface area contributed by atoms with E-state index in [1.54, 1.807) is 36.4 Å². The third-order valence-electron chi connectivity index (χ3n) is 4.12. The van der Waals surface area contributed by atoms with Crippen molar-refractivity contribution in [2.75, 3.05) is 26.1 Å². The molecule has 1 aliphatic heterocycles. The Hall–Kier alpha value is -2.98. The first kappa shape index (κ1) is 21.7. The number of hydrogen-bond donors (Lipinski definition) is 2. The lowest BCUT2D eigenvalue weighted by Gasteiger charge is -2.12. The number of nitrogens with zero attached hydrogens (tertiary/aromatic N) is 1. The number of phenolic OH excluding ortho intramolecular Hbond substituents is 1. The summed E-state index contributed by atoms with van der Waals surface area (Å²) in [4.78, 5) is 38.1. The Labute approximate surface area is 185 Å². The number of hydrogen-bond acceptors (Lipinski definition) is 7. The Bertz CT molecular complexity index is 1040. The number of ether oxygens (including phenoxy) is 2. The summed E-state index contributed by atoms with van der Waals surface area (Å²) in [5.74, 6) is -0.445. The smallest absolute Gasteiger partial charge is 0.294 e. The number of thioether (sulfide) groups is 1. The van der Waals surface area contributed by atoms with Crippen LogP contribution in [0, 0.1) is 0 Å².